The number of benzene rings is 1. The fourth-order valence-corrected chi connectivity index (χ4v) is 3.18. The first-order chi connectivity index (χ1) is 13.3. The van der Waals surface area contributed by atoms with E-state index in [9.17, 15) is 0 Å². The highest BCUT2D eigenvalue weighted by Crippen LogP contribution is 2.16. The lowest BCUT2D eigenvalue weighted by Crippen LogP contribution is -2.47. The van der Waals surface area contributed by atoms with Crippen molar-refractivity contribution in [2.45, 2.75) is 45.8 Å². The molecular formula is C21H35N3O3. The molecule has 0 saturated carbocycles. The van der Waals surface area contributed by atoms with Crippen LogP contribution in [0.2, 0.25) is 0 Å². The van der Waals surface area contributed by atoms with Gasteiger partial charge in [0.15, 0.2) is 5.96 Å². The van der Waals surface area contributed by atoms with E-state index in [4.69, 9.17) is 19.2 Å². The summed E-state index contributed by atoms with van der Waals surface area (Å²) in [5.41, 5.74) is 1.16. The van der Waals surface area contributed by atoms with Crippen LogP contribution >= 0.6 is 0 Å². The molecule has 1 aromatic carbocycles. The molecule has 1 aliphatic rings. The average molecular weight is 378 g/mol. The number of aliphatic imine (C=N–C) groups is 1. The number of guanidine groups is 1. The van der Waals surface area contributed by atoms with Gasteiger partial charge < -0.3 is 24.4 Å². The molecule has 1 heterocycles. The first kappa shape index (κ1) is 21.5. The molecule has 1 saturated heterocycles. The van der Waals surface area contributed by atoms with E-state index in [1.54, 1.807) is 7.11 Å². The molecule has 0 unspecified atom stereocenters. The molecule has 27 heavy (non-hydrogen) atoms. The van der Waals surface area contributed by atoms with E-state index in [-0.39, 0.29) is 0 Å². The van der Waals surface area contributed by atoms with Gasteiger partial charge in [0.05, 0.1) is 19.3 Å². The van der Waals surface area contributed by atoms with E-state index < -0.39 is 0 Å². The molecule has 0 amide bonds. The summed E-state index contributed by atoms with van der Waals surface area (Å²) in [6, 6.07) is 8.17. The SMILES string of the molecule is CCNC(=NCc1cccc(OCC)c1)N1CCC(OCCCOC)CC1. The number of nitrogens with zero attached hydrogens (tertiary/aromatic N) is 2. The van der Waals surface area contributed by atoms with Crippen LogP contribution in [0.25, 0.3) is 0 Å². The van der Waals surface area contributed by atoms with E-state index in [0.717, 1.165) is 69.4 Å². The normalized spacial score (nSPS) is 15.8. The van der Waals surface area contributed by atoms with E-state index in [1.165, 1.54) is 0 Å². The summed E-state index contributed by atoms with van der Waals surface area (Å²) < 4.78 is 16.6. The van der Waals surface area contributed by atoms with Crippen molar-refractivity contribution in [2.75, 3.05) is 46.6 Å². The van der Waals surface area contributed by atoms with Gasteiger partial charge in [0.25, 0.3) is 0 Å². The maximum Gasteiger partial charge on any atom is 0.194 e. The minimum atomic E-state index is 0.351. The van der Waals surface area contributed by atoms with Gasteiger partial charge >= 0.3 is 0 Å². The quantitative estimate of drug-likeness (QED) is 0.386. The minimum absolute atomic E-state index is 0.351. The summed E-state index contributed by atoms with van der Waals surface area (Å²) in [6.07, 6.45) is 3.39. The largest absolute Gasteiger partial charge is 0.494 e. The molecule has 152 valence electrons. The minimum Gasteiger partial charge on any atom is -0.494 e. The number of hydrogen-bond acceptors (Lipinski definition) is 4. The Morgan fingerprint density at radius 2 is 2.04 bits per heavy atom. The number of likely N-dealkylation sites (tertiary alicyclic amines) is 1. The highest BCUT2D eigenvalue weighted by Gasteiger charge is 2.21. The third-order valence-electron chi connectivity index (χ3n) is 4.54. The Bertz CT molecular complexity index is 557. The summed E-state index contributed by atoms with van der Waals surface area (Å²) in [4.78, 5) is 7.18. The van der Waals surface area contributed by atoms with Crippen molar-refractivity contribution in [2.24, 2.45) is 4.99 Å². The summed E-state index contributed by atoms with van der Waals surface area (Å²) in [7, 11) is 1.73. The zero-order valence-electron chi connectivity index (χ0n) is 17.1. The number of rotatable bonds is 10. The molecule has 6 heteroatoms. The van der Waals surface area contributed by atoms with Crippen molar-refractivity contribution in [3.8, 4) is 5.75 Å². The Kier molecular flexibility index (Phi) is 10.0. The molecule has 0 atom stereocenters. The molecule has 2 rings (SSSR count). The fraction of sp³-hybridized carbons (Fsp3) is 0.667. The third-order valence-corrected chi connectivity index (χ3v) is 4.54. The summed E-state index contributed by atoms with van der Waals surface area (Å²) >= 11 is 0. The highest BCUT2D eigenvalue weighted by atomic mass is 16.5. The topological polar surface area (TPSA) is 55.3 Å². The summed E-state index contributed by atoms with van der Waals surface area (Å²) in [6.45, 7) is 9.79. The van der Waals surface area contributed by atoms with Gasteiger partial charge in [-0.1, -0.05) is 12.1 Å². The van der Waals surface area contributed by atoms with Gasteiger partial charge in [-0.15, -0.1) is 0 Å². The molecule has 1 aromatic rings. The van der Waals surface area contributed by atoms with Crippen LogP contribution in [0.4, 0.5) is 0 Å². The maximum absolute atomic E-state index is 5.96. The number of methoxy groups -OCH3 is 1. The average Bonchev–Trinajstić information content (AvgIpc) is 2.70. The van der Waals surface area contributed by atoms with Gasteiger partial charge in [-0.25, -0.2) is 4.99 Å². The van der Waals surface area contributed by atoms with Crippen LogP contribution in [-0.4, -0.2) is 63.5 Å². The second-order valence-corrected chi connectivity index (χ2v) is 6.65. The van der Waals surface area contributed by atoms with Crippen molar-refractivity contribution >= 4 is 5.96 Å². The van der Waals surface area contributed by atoms with E-state index in [1.807, 2.05) is 19.1 Å². The highest BCUT2D eigenvalue weighted by molar-refractivity contribution is 5.80. The Morgan fingerprint density at radius 3 is 2.74 bits per heavy atom. The first-order valence-electron chi connectivity index (χ1n) is 10.1. The van der Waals surface area contributed by atoms with Crippen LogP contribution in [0.1, 0.15) is 38.7 Å². The van der Waals surface area contributed by atoms with E-state index in [0.29, 0.717) is 19.3 Å². The van der Waals surface area contributed by atoms with E-state index >= 15 is 0 Å². The number of hydrogen-bond donors (Lipinski definition) is 1. The van der Waals surface area contributed by atoms with Crippen molar-refractivity contribution < 1.29 is 14.2 Å². The van der Waals surface area contributed by atoms with Crippen LogP contribution in [0.3, 0.4) is 0 Å². The number of piperidine rings is 1. The summed E-state index contributed by atoms with van der Waals surface area (Å²) in [5, 5.41) is 3.42. The third kappa shape index (κ3) is 7.77. The van der Waals surface area contributed by atoms with Crippen LogP contribution < -0.4 is 10.1 Å². The van der Waals surface area contributed by atoms with Gasteiger partial charge in [0.1, 0.15) is 5.75 Å². The second-order valence-electron chi connectivity index (χ2n) is 6.65. The molecule has 0 aromatic heterocycles. The lowest BCUT2D eigenvalue weighted by atomic mass is 10.1. The second kappa shape index (κ2) is 12.6. The lowest BCUT2D eigenvalue weighted by molar-refractivity contribution is 0.00990. The van der Waals surface area contributed by atoms with Gasteiger partial charge in [0, 0.05) is 40.0 Å². The van der Waals surface area contributed by atoms with Crippen LogP contribution in [0, 0.1) is 0 Å². The molecule has 1 N–H and O–H groups in total. The number of ether oxygens (including phenoxy) is 3. The smallest absolute Gasteiger partial charge is 0.194 e. The van der Waals surface area contributed by atoms with Crippen molar-refractivity contribution in [1.82, 2.24) is 10.2 Å². The Balaban J connectivity index is 1.86. The Labute approximate surface area is 163 Å². The van der Waals surface area contributed by atoms with Crippen LogP contribution in [0.15, 0.2) is 29.3 Å². The van der Waals surface area contributed by atoms with E-state index in [2.05, 4.69) is 29.3 Å². The molecular weight excluding hydrogens is 342 g/mol. The summed E-state index contributed by atoms with van der Waals surface area (Å²) in [5.74, 6) is 1.89. The Hall–Kier alpha value is -1.79. The zero-order valence-corrected chi connectivity index (χ0v) is 17.1. The molecule has 0 bridgehead atoms. The molecule has 6 nitrogen and oxygen atoms in total. The van der Waals surface area contributed by atoms with Gasteiger partial charge in [-0.2, -0.15) is 0 Å². The zero-order chi connectivity index (χ0) is 19.3. The molecule has 0 radical (unpaired) electrons. The number of nitrogens with one attached hydrogen (secondary N) is 1. The van der Waals surface area contributed by atoms with Gasteiger partial charge in [-0.3, -0.25) is 0 Å². The molecule has 1 aliphatic heterocycles. The maximum atomic E-state index is 5.96. The molecule has 1 fully saturated rings. The van der Waals surface area contributed by atoms with Crippen molar-refractivity contribution in [3.05, 3.63) is 29.8 Å². The van der Waals surface area contributed by atoms with Gasteiger partial charge in [-0.05, 0) is 50.8 Å². The predicted molar refractivity (Wildman–Crippen MR) is 109 cm³/mol. The van der Waals surface area contributed by atoms with Crippen LogP contribution in [-0.2, 0) is 16.0 Å². The first-order valence-corrected chi connectivity index (χ1v) is 10.1. The lowest BCUT2D eigenvalue weighted by Gasteiger charge is -2.34. The van der Waals surface area contributed by atoms with Crippen molar-refractivity contribution in [1.29, 1.82) is 0 Å². The Morgan fingerprint density at radius 1 is 1.22 bits per heavy atom. The standard InChI is InChI=1S/C21H35N3O3/c1-4-22-21(23-17-18-8-6-9-20(16-18)26-5-2)24-12-10-19(11-13-24)27-15-7-14-25-3/h6,8-9,16,19H,4-5,7,10-15,17H2,1-3H3,(H,22,23). The predicted octanol–water partition coefficient (Wildman–Crippen LogP) is 3.07. The molecule has 0 aliphatic carbocycles. The van der Waals surface area contributed by atoms with Crippen molar-refractivity contribution in [3.63, 3.8) is 0 Å². The van der Waals surface area contributed by atoms with Crippen LogP contribution in [0.5, 0.6) is 5.75 Å². The fourth-order valence-electron chi connectivity index (χ4n) is 3.18. The van der Waals surface area contributed by atoms with Gasteiger partial charge in [0.2, 0.25) is 0 Å². The molecule has 0 spiro atoms. The monoisotopic (exact) mass is 377 g/mol.